The fourth-order valence-corrected chi connectivity index (χ4v) is 0.146. The third-order valence-corrected chi connectivity index (χ3v) is 2.03. The van der Waals surface area contributed by atoms with Gasteiger partial charge in [-0.25, -0.2) is 0 Å². The lowest BCUT2D eigenvalue weighted by atomic mass is 10.2. The van der Waals surface area contributed by atoms with Crippen LogP contribution in [-0.4, -0.2) is 9.71 Å². The molecule has 0 aliphatic rings. The highest BCUT2D eigenvalue weighted by Gasteiger charge is 2.28. The van der Waals surface area contributed by atoms with E-state index >= 15 is 0 Å². The zero-order valence-corrected chi connectivity index (χ0v) is 6.43. The second-order valence-corrected chi connectivity index (χ2v) is 3.37. The summed E-state index contributed by atoms with van der Waals surface area (Å²) in [6.45, 7) is 1.46. The molecule has 1 unspecified atom stereocenters. The quantitative estimate of drug-likeness (QED) is 0.557. The Bertz CT molecular complexity index is 113. The van der Waals surface area contributed by atoms with Gasteiger partial charge in [-0.3, -0.25) is 0 Å². The van der Waals surface area contributed by atoms with Crippen LogP contribution in [0.1, 0.15) is 6.92 Å². The molecule has 8 heavy (non-hydrogen) atoms. The third kappa shape index (κ3) is 2.09. The Labute approximate surface area is 63.1 Å². The number of hydrogen-bond donors (Lipinski definition) is 0. The molecule has 0 rings (SSSR count). The van der Waals surface area contributed by atoms with E-state index in [-0.39, 0.29) is 0 Å². The molecule has 0 saturated carbocycles. The molecule has 0 aliphatic heterocycles. The molecule has 0 radical (unpaired) electrons. The van der Waals surface area contributed by atoms with Crippen molar-refractivity contribution in [3.63, 3.8) is 0 Å². The maximum atomic E-state index is 8.21. The van der Waals surface area contributed by atoms with Gasteiger partial charge in [0, 0.05) is 0 Å². The van der Waals surface area contributed by atoms with Crippen LogP contribution < -0.4 is 0 Å². The van der Waals surface area contributed by atoms with E-state index in [0.717, 1.165) is 0 Å². The fourth-order valence-electron chi connectivity index (χ4n) is 0.0488. The summed E-state index contributed by atoms with van der Waals surface area (Å²) in [5.41, 5.74) is 0. The van der Waals surface area contributed by atoms with Crippen LogP contribution in [0.2, 0.25) is 0 Å². The molecule has 0 heterocycles. The van der Waals surface area contributed by atoms with Gasteiger partial charge < -0.3 is 0 Å². The van der Waals surface area contributed by atoms with Gasteiger partial charge in [-0.05, 0) is 6.92 Å². The summed E-state index contributed by atoms with van der Waals surface area (Å²) in [5, 5.41) is 8.21. The first kappa shape index (κ1) is 8.36. The van der Waals surface area contributed by atoms with Crippen molar-refractivity contribution in [3.05, 3.63) is 0 Å². The topological polar surface area (TPSA) is 23.8 Å². The maximum Gasteiger partial charge on any atom is 0.158 e. The van der Waals surface area contributed by atoms with Crippen LogP contribution in [0.3, 0.4) is 0 Å². The minimum atomic E-state index is -1.15. The van der Waals surface area contributed by atoms with Gasteiger partial charge >= 0.3 is 0 Å². The summed E-state index contributed by atoms with van der Waals surface area (Å²) in [4.78, 5) is -1.99. The maximum absolute atomic E-state index is 8.21. The van der Waals surface area contributed by atoms with Crippen molar-refractivity contribution in [3.8, 4) is 6.07 Å². The summed E-state index contributed by atoms with van der Waals surface area (Å²) in [6.07, 6.45) is 0. The molecule has 0 aliphatic carbocycles. The minimum absolute atomic E-state index is 0.839. The highest BCUT2D eigenvalue weighted by Crippen LogP contribution is 2.25. The molecule has 0 aromatic carbocycles. The average Bonchev–Trinajstić information content (AvgIpc) is 1.67. The summed E-state index contributed by atoms with van der Waals surface area (Å²) in [7, 11) is 0. The molecule has 1 nitrogen and oxygen atoms in total. The van der Waals surface area contributed by atoms with E-state index in [1.165, 1.54) is 6.92 Å². The molecule has 46 valence electrons. The van der Waals surface area contributed by atoms with Gasteiger partial charge in [-0.1, -0.05) is 0 Å². The van der Waals surface area contributed by atoms with Crippen LogP contribution in [0.4, 0.5) is 0 Å². The van der Waals surface area contributed by atoms with Gasteiger partial charge in [0.15, 0.2) is 4.87 Å². The molecule has 0 amide bonds. The van der Waals surface area contributed by atoms with E-state index in [1.807, 2.05) is 0 Å². The first-order valence-electron chi connectivity index (χ1n) is 1.89. The van der Waals surface area contributed by atoms with Crippen LogP contribution in [0, 0.1) is 11.3 Å². The number of hydrogen-bond acceptors (Lipinski definition) is 1. The first-order chi connectivity index (χ1) is 3.50. The first-order valence-corrected chi connectivity index (χ1v) is 3.14. The smallest absolute Gasteiger partial charge is 0.158 e. The molecule has 0 N–H and O–H groups in total. The number of alkyl halides is 3. The number of nitriles is 1. The predicted octanol–water partition coefficient (Wildman–Crippen LogP) is 2.31. The van der Waals surface area contributed by atoms with Gasteiger partial charge in [-0.2, -0.15) is 5.26 Å². The monoisotopic (exact) mass is 171 g/mol. The van der Waals surface area contributed by atoms with Gasteiger partial charge in [0.05, 0.1) is 6.07 Å². The van der Waals surface area contributed by atoms with Crippen molar-refractivity contribution in [2.45, 2.75) is 16.6 Å². The Balaban J connectivity index is 3.97. The van der Waals surface area contributed by atoms with Crippen molar-refractivity contribution in [1.82, 2.24) is 0 Å². The van der Waals surface area contributed by atoms with Gasteiger partial charge in [0.1, 0.15) is 4.84 Å². The molecule has 0 spiro atoms. The highest BCUT2D eigenvalue weighted by atomic mass is 35.5. The largest absolute Gasteiger partial charge is 0.196 e. The second-order valence-electron chi connectivity index (χ2n) is 1.49. The number of nitrogens with zero attached hydrogens (tertiary/aromatic N) is 1. The molecular weight excluding hydrogens is 168 g/mol. The van der Waals surface area contributed by atoms with Crippen LogP contribution >= 0.6 is 34.8 Å². The van der Waals surface area contributed by atoms with E-state index < -0.39 is 9.71 Å². The molecule has 1 atom stereocenters. The molecule has 4 heteroatoms. The molecular formula is C4H4Cl3N. The minimum Gasteiger partial charge on any atom is -0.196 e. The summed E-state index contributed by atoms with van der Waals surface area (Å²) in [5.74, 6) is 0. The predicted molar refractivity (Wildman–Crippen MR) is 35.4 cm³/mol. The van der Waals surface area contributed by atoms with E-state index in [1.54, 1.807) is 6.07 Å². The van der Waals surface area contributed by atoms with E-state index in [4.69, 9.17) is 40.1 Å². The number of rotatable bonds is 1. The van der Waals surface area contributed by atoms with Crippen LogP contribution in [0.5, 0.6) is 0 Å². The van der Waals surface area contributed by atoms with Gasteiger partial charge in [-0.15, -0.1) is 34.8 Å². The van der Waals surface area contributed by atoms with E-state index in [2.05, 4.69) is 0 Å². The van der Waals surface area contributed by atoms with E-state index in [0.29, 0.717) is 0 Å². The van der Waals surface area contributed by atoms with Crippen molar-refractivity contribution in [2.24, 2.45) is 0 Å². The Morgan fingerprint density at radius 2 is 2.00 bits per heavy atom. The lowest BCUT2D eigenvalue weighted by molar-refractivity contribution is 0.863. The van der Waals surface area contributed by atoms with Crippen molar-refractivity contribution in [2.75, 3.05) is 0 Å². The normalized spacial score (nSPS) is 17.5. The zero-order valence-electron chi connectivity index (χ0n) is 4.16. The zero-order chi connectivity index (χ0) is 6.78. The molecule has 0 aromatic rings. The summed E-state index contributed by atoms with van der Waals surface area (Å²) >= 11 is 16.0. The van der Waals surface area contributed by atoms with E-state index in [9.17, 15) is 0 Å². The number of halogens is 3. The lowest BCUT2D eigenvalue weighted by Gasteiger charge is -2.11. The molecule has 0 fully saturated rings. The Hall–Kier alpha value is 0.360. The van der Waals surface area contributed by atoms with Crippen molar-refractivity contribution in [1.29, 1.82) is 5.26 Å². The fraction of sp³-hybridized carbons (Fsp3) is 0.750. The molecule has 0 bridgehead atoms. The van der Waals surface area contributed by atoms with Crippen LogP contribution in [0.15, 0.2) is 0 Å². The van der Waals surface area contributed by atoms with Gasteiger partial charge in [0.25, 0.3) is 0 Å². The average molecular weight is 172 g/mol. The van der Waals surface area contributed by atoms with Gasteiger partial charge in [0.2, 0.25) is 0 Å². The van der Waals surface area contributed by atoms with Crippen molar-refractivity contribution < 1.29 is 0 Å². The Morgan fingerprint density at radius 3 is 2.00 bits per heavy atom. The van der Waals surface area contributed by atoms with Crippen molar-refractivity contribution >= 4 is 34.8 Å². The second kappa shape index (κ2) is 2.77. The molecule has 0 saturated heterocycles. The SMILES string of the molecule is CC(Cl)(C#N)C(Cl)Cl. The third-order valence-electron chi connectivity index (χ3n) is 0.628. The Kier molecular flexibility index (Phi) is 2.90. The molecule has 0 aromatic heterocycles. The summed E-state index contributed by atoms with van der Waals surface area (Å²) < 4.78 is 0. The standard InChI is InChI=1S/C4H4Cl3N/c1-4(7,2-8)3(5)6/h3H,1H3. The Morgan fingerprint density at radius 1 is 1.62 bits per heavy atom. The highest BCUT2D eigenvalue weighted by molar-refractivity contribution is 6.50. The summed E-state index contributed by atoms with van der Waals surface area (Å²) in [6, 6.07) is 1.74. The van der Waals surface area contributed by atoms with Crippen LogP contribution in [-0.2, 0) is 0 Å². The lowest BCUT2D eigenvalue weighted by Crippen LogP contribution is -2.21. The van der Waals surface area contributed by atoms with Crippen LogP contribution in [0.25, 0.3) is 0 Å².